The zero-order valence-corrected chi connectivity index (χ0v) is 41.2. The van der Waals surface area contributed by atoms with Gasteiger partial charge in [0.1, 0.15) is 0 Å². The van der Waals surface area contributed by atoms with Crippen LogP contribution in [0.15, 0.2) is 60.9 Å². The van der Waals surface area contributed by atoms with Gasteiger partial charge in [-0.25, -0.2) is 0 Å². The van der Waals surface area contributed by atoms with Crippen LogP contribution in [0.1, 0.15) is 144 Å². The minimum Gasteiger partial charge on any atom is -0.481 e. The predicted octanol–water partition coefficient (Wildman–Crippen LogP) is 12.3. The summed E-state index contributed by atoms with van der Waals surface area (Å²) in [5.74, 6) is 1.63. The summed E-state index contributed by atoms with van der Waals surface area (Å²) in [5.41, 5.74) is 8.72. The van der Waals surface area contributed by atoms with Crippen molar-refractivity contribution in [1.29, 1.82) is 0 Å². The van der Waals surface area contributed by atoms with Crippen molar-refractivity contribution in [3.63, 3.8) is 0 Å². The van der Waals surface area contributed by atoms with Crippen LogP contribution in [0.2, 0.25) is 0 Å². The highest BCUT2D eigenvalue weighted by molar-refractivity contribution is 5.84. The van der Waals surface area contributed by atoms with Gasteiger partial charge in [-0.2, -0.15) is 26.3 Å². The second-order valence-electron chi connectivity index (χ2n) is 21.4. The molecule has 2 aliphatic heterocycles. The number of alkyl halides is 6. The standard InChI is InChI=1S/C28H33F3N2O.C19H26O2.C9H9F3N2.B/c1-18-5-7-21(19(2)12-18)8-6-20-13-23-4-3-10-27(23,15-20)26(34)33-11-9-25-22(17-33)14-24(16-32-25)28(29,30)31;1-13-5-7-16(14(2)10-13)8-6-15-11-17-4-3-9-19(17,12-15)18(20)21;10-9(11,12)7-3-6-4-13-2-1-8(6)14-5-7;/h5,7,12,14,16,20,23H,3-4,6,8-11,13,15,17H2,1-2H3;5,7,10,15,17H,3-4,6,8-9,11-12H2,1-2H3,(H,20,21);3,5,13H,1-2,4H2;. The lowest BCUT2D eigenvalue weighted by Gasteiger charge is -2.37. The molecule has 4 heterocycles. The number of halogens is 6. The summed E-state index contributed by atoms with van der Waals surface area (Å²) in [4.78, 5) is 35.3. The molecule has 2 N–H and O–H groups in total. The summed E-state index contributed by atoms with van der Waals surface area (Å²) in [6.45, 7) is 10.7. The quantitative estimate of drug-likeness (QED) is 0.135. The number of aromatic nitrogens is 2. The van der Waals surface area contributed by atoms with E-state index in [2.05, 4.69) is 79.4 Å². The fraction of sp³-hybridized carbons (Fsp3) is 0.571. The Balaban J connectivity index is 0.000000170. The molecule has 375 valence electrons. The van der Waals surface area contributed by atoms with E-state index in [0.29, 0.717) is 66.4 Å². The van der Waals surface area contributed by atoms with Gasteiger partial charge in [-0.15, -0.1) is 0 Å². The zero-order chi connectivity index (χ0) is 49.3. The van der Waals surface area contributed by atoms with E-state index in [1.165, 1.54) is 45.5 Å². The highest BCUT2D eigenvalue weighted by atomic mass is 19.4. The van der Waals surface area contributed by atoms with Gasteiger partial charge in [-0.1, -0.05) is 60.4 Å². The molecule has 14 heteroatoms. The fourth-order valence-corrected chi connectivity index (χ4v) is 13.2. The number of hydrogen-bond donors (Lipinski definition) is 2. The van der Waals surface area contributed by atoms with Gasteiger partial charge in [0, 0.05) is 71.2 Å². The van der Waals surface area contributed by atoms with E-state index < -0.39 is 29.4 Å². The molecule has 2 aromatic carbocycles. The van der Waals surface area contributed by atoms with Crippen molar-refractivity contribution in [3.05, 3.63) is 128 Å². The SMILES string of the molecule is Cc1ccc(CCC2CC3CCCC3(C(=O)N3CCc4ncc(C(F)(F)F)cc4C3)C2)c(C)c1.Cc1ccc(CCC2CC3CCCC3(C(=O)O)C2)c(C)c1.FC(F)(F)c1cnc2c(c1)CNCC2.[B]. The second kappa shape index (κ2) is 21.6. The summed E-state index contributed by atoms with van der Waals surface area (Å²) in [6.07, 6.45) is 9.02. The van der Waals surface area contributed by atoms with Crippen LogP contribution in [-0.4, -0.2) is 53.4 Å². The molecule has 4 aromatic rings. The molecule has 2 aromatic heterocycles. The lowest BCUT2D eigenvalue weighted by atomic mass is 9.78. The average Bonchev–Trinajstić information content (AvgIpc) is 4.08. The summed E-state index contributed by atoms with van der Waals surface area (Å²) in [5, 5.41) is 12.7. The molecule has 70 heavy (non-hydrogen) atoms. The number of carboxylic acid groups (broad SMARTS) is 1. The smallest absolute Gasteiger partial charge is 0.417 e. The molecule has 4 saturated carbocycles. The topological polar surface area (TPSA) is 95.4 Å². The Labute approximate surface area is 411 Å². The third-order valence-electron chi connectivity index (χ3n) is 16.8. The third-order valence-corrected chi connectivity index (χ3v) is 16.8. The minimum atomic E-state index is -4.42. The van der Waals surface area contributed by atoms with Crippen LogP contribution >= 0.6 is 0 Å². The molecule has 10 rings (SSSR count). The molecular weight excluding hydrogens is 901 g/mol. The molecule has 6 unspecified atom stereocenters. The van der Waals surface area contributed by atoms with E-state index in [4.69, 9.17) is 0 Å². The molecule has 0 saturated heterocycles. The number of nitrogens with one attached hydrogen (secondary N) is 1. The largest absolute Gasteiger partial charge is 0.481 e. The number of aliphatic carboxylic acids is 1. The number of rotatable bonds is 8. The summed E-state index contributed by atoms with van der Waals surface area (Å²) >= 11 is 0. The summed E-state index contributed by atoms with van der Waals surface area (Å²) < 4.78 is 76.5. The second-order valence-corrected chi connectivity index (χ2v) is 21.4. The molecule has 0 spiro atoms. The molecule has 3 radical (unpaired) electrons. The van der Waals surface area contributed by atoms with Crippen molar-refractivity contribution >= 4 is 20.3 Å². The highest BCUT2D eigenvalue weighted by Gasteiger charge is 2.56. The van der Waals surface area contributed by atoms with Gasteiger partial charge in [0.05, 0.1) is 22.0 Å². The Morgan fingerprint density at radius 1 is 0.714 bits per heavy atom. The molecule has 0 bridgehead atoms. The van der Waals surface area contributed by atoms with E-state index in [1.54, 1.807) is 0 Å². The monoisotopic (exact) mass is 970 g/mol. The van der Waals surface area contributed by atoms with Crippen molar-refractivity contribution in [2.45, 2.75) is 156 Å². The highest BCUT2D eigenvalue weighted by Crippen LogP contribution is 2.59. The molecule has 6 aliphatic rings. The Morgan fingerprint density at radius 2 is 1.21 bits per heavy atom. The number of aryl methyl sites for hydroxylation is 6. The van der Waals surface area contributed by atoms with Gasteiger partial charge >= 0.3 is 18.3 Å². The van der Waals surface area contributed by atoms with Gasteiger partial charge in [-0.3, -0.25) is 19.6 Å². The first-order valence-electron chi connectivity index (χ1n) is 25.2. The summed E-state index contributed by atoms with van der Waals surface area (Å²) in [7, 11) is 0. The first-order chi connectivity index (χ1) is 32.7. The Bertz CT molecular complexity index is 2510. The number of pyridine rings is 2. The van der Waals surface area contributed by atoms with Crippen molar-refractivity contribution in [2.24, 2.45) is 34.5 Å². The van der Waals surface area contributed by atoms with Crippen molar-refractivity contribution in [3.8, 4) is 0 Å². The summed E-state index contributed by atoms with van der Waals surface area (Å²) in [6, 6.07) is 15.7. The predicted molar refractivity (Wildman–Crippen MR) is 260 cm³/mol. The van der Waals surface area contributed by atoms with Gasteiger partial charge < -0.3 is 15.3 Å². The molecule has 7 nitrogen and oxygen atoms in total. The van der Waals surface area contributed by atoms with Gasteiger partial charge in [-0.05, 0) is 174 Å². The number of carbonyl (C=O) groups is 2. The average molecular weight is 970 g/mol. The Morgan fingerprint density at radius 3 is 1.73 bits per heavy atom. The van der Waals surface area contributed by atoms with Crippen molar-refractivity contribution in [2.75, 3.05) is 13.1 Å². The van der Waals surface area contributed by atoms with Crippen LogP contribution in [0.5, 0.6) is 0 Å². The minimum absolute atomic E-state index is 0. The van der Waals surface area contributed by atoms with Crippen LogP contribution in [-0.2, 0) is 60.7 Å². The normalized spacial score (nSPS) is 25.5. The maximum Gasteiger partial charge on any atom is 0.417 e. The number of carbonyl (C=O) groups excluding carboxylic acids is 1. The van der Waals surface area contributed by atoms with Gasteiger partial charge in [0.2, 0.25) is 5.91 Å². The van der Waals surface area contributed by atoms with Crippen molar-refractivity contribution < 1.29 is 41.0 Å². The number of hydrogen-bond acceptors (Lipinski definition) is 5. The maximum atomic E-state index is 13.9. The van der Waals surface area contributed by atoms with E-state index in [1.807, 2.05) is 4.90 Å². The van der Waals surface area contributed by atoms with Crippen LogP contribution < -0.4 is 5.32 Å². The van der Waals surface area contributed by atoms with E-state index in [9.17, 15) is 41.0 Å². The van der Waals surface area contributed by atoms with Crippen LogP contribution in [0.4, 0.5) is 26.3 Å². The van der Waals surface area contributed by atoms with Crippen LogP contribution in [0.3, 0.4) is 0 Å². The zero-order valence-electron chi connectivity index (χ0n) is 41.2. The molecule has 1 amide bonds. The van der Waals surface area contributed by atoms with E-state index >= 15 is 0 Å². The van der Waals surface area contributed by atoms with Crippen molar-refractivity contribution in [1.82, 2.24) is 20.2 Å². The maximum absolute atomic E-state index is 13.9. The van der Waals surface area contributed by atoms with Crippen LogP contribution in [0.25, 0.3) is 0 Å². The number of amides is 1. The van der Waals surface area contributed by atoms with Gasteiger partial charge in [0.15, 0.2) is 0 Å². The Kier molecular flexibility index (Phi) is 16.4. The first kappa shape index (κ1) is 53.1. The van der Waals surface area contributed by atoms with E-state index in [0.717, 1.165) is 115 Å². The number of carboxylic acids is 1. The van der Waals surface area contributed by atoms with Crippen LogP contribution in [0, 0.1) is 62.2 Å². The lowest BCUT2D eigenvalue weighted by molar-refractivity contribution is -0.150. The lowest BCUT2D eigenvalue weighted by Crippen LogP contribution is -2.46. The third kappa shape index (κ3) is 11.6. The van der Waals surface area contributed by atoms with E-state index in [-0.39, 0.29) is 31.7 Å². The van der Waals surface area contributed by atoms with Gasteiger partial charge in [0.25, 0.3) is 0 Å². The number of nitrogens with zero attached hydrogens (tertiary/aromatic N) is 3. The first-order valence-corrected chi connectivity index (χ1v) is 25.2. The molecule has 4 aliphatic carbocycles. The number of fused-ring (bicyclic) bond motifs is 4. The molecule has 6 atom stereocenters. The molecule has 4 fully saturated rings. The Hall–Kier alpha value is -4.72. The molecular formula is C56H68BF6N4O3. The fourth-order valence-electron chi connectivity index (χ4n) is 13.2. The number of benzene rings is 2.